The first kappa shape index (κ1) is 14.7. The fraction of sp³-hybridized carbons (Fsp3) is 0.200. The highest BCUT2D eigenvalue weighted by molar-refractivity contribution is 6.08. The van der Waals surface area contributed by atoms with Gasteiger partial charge < -0.3 is 5.32 Å². The molecule has 0 unspecified atom stereocenters. The summed E-state index contributed by atoms with van der Waals surface area (Å²) in [5.74, 6) is 0. The number of hydrogen-bond donors (Lipinski definition) is 1. The van der Waals surface area contributed by atoms with Crippen LogP contribution in [-0.4, -0.2) is 14.8 Å². The highest BCUT2D eigenvalue weighted by atomic mass is 15.3. The molecular weight excluding hydrogens is 296 g/mol. The molecule has 2 aromatic heterocycles. The van der Waals surface area contributed by atoms with Crippen molar-refractivity contribution < 1.29 is 0 Å². The predicted octanol–water partition coefficient (Wildman–Crippen LogP) is 4.74. The second kappa shape index (κ2) is 5.64. The Bertz CT molecular complexity index is 1030. The molecule has 0 spiro atoms. The molecule has 0 radical (unpaired) electrons. The monoisotopic (exact) mass is 316 g/mol. The van der Waals surface area contributed by atoms with Crippen molar-refractivity contribution in [2.24, 2.45) is 7.05 Å². The number of anilines is 2. The van der Waals surface area contributed by atoms with Gasteiger partial charge in [0.25, 0.3) is 0 Å². The number of para-hydroxylation sites is 1. The topological polar surface area (TPSA) is 42.7 Å². The van der Waals surface area contributed by atoms with E-state index in [4.69, 9.17) is 4.98 Å². The van der Waals surface area contributed by atoms with Crippen LogP contribution in [0.5, 0.6) is 0 Å². The zero-order valence-corrected chi connectivity index (χ0v) is 14.2. The third-order valence-corrected chi connectivity index (χ3v) is 4.47. The number of benzene rings is 2. The minimum absolute atomic E-state index is 0.902. The molecule has 0 aliphatic rings. The Kier molecular flexibility index (Phi) is 3.45. The van der Waals surface area contributed by atoms with E-state index in [9.17, 15) is 0 Å². The maximum absolute atomic E-state index is 4.79. The van der Waals surface area contributed by atoms with E-state index < -0.39 is 0 Å². The Morgan fingerprint density at radius 2 is 1.79 bits per heavy atom. The molecule has 2 heterocycles. The zero-order valence-electron chi connectivity index (χ0n) is 14.2. The number of pyridine rings is 1. The van der Waals surface area contributed by atoms with Gasteiger partial charge in [0.05, 0.1) is 22.3 Å². The molecule has 1 N–H and O–H groups in total. The number of hydrogen-bond acceptors (Lipinski definition) is 3. The lowest BCUT2D eigenvalue weighted by atomic mass is 10.1. The van der Waals surface area contributed by atoms with Gasteiger partial charge in [0.15, 0.2) is 5.65 Å². The minimum atomic E-state index is 0.902. The molecule has 4 rings (SSSR count). The van der Waals surface area contributed by atoms with E-state index >= 15 is 0 Å². The fourth-order valence-electron chi connectivity index (χ4n) is 3.20. The molecule has 4 aromatic rings. The van der Waals surface area contributed by atoms with E-state index in [1.165, 1.54) is 5.56 Å². The summed E-state index contributed by atoms with van der Waals surface area (Å²) in [6, 6.07) is 16.8. The maximum Gasteiger partial charge on any atom is 0.160 e. The summed E-state index contributed by atoms with van der Waals surface area (Å²) >= 11 is 0. The van der Waals surface area contributed by atoms with Gasteiger partial charge in [-0.1, -0.05) is 37.3 Å². The molecule has 0 saturated heterocycles. The van der Waals surface area contributed by atoms with Crippen LogP contribution >= 0.6 is 0 Å². The lowest BCUT2D eigenvalue weighted by Gasteiger charge is -2.12. The summed E-state index contributed by atoms with van der Waals surface area (Å²) < 4.78 is 1.85. The number of aryl methyl sites for hydroxylation is 3. The number of nitrogens with zero attached hydrogens (tertiary/aromatic N) is 3. The molecule has 4 heteroatoms. The number of nitrogens with one attached hydrogen (secondary N) is 1. The van der Waals surface area contributed by atoms with Gasteiger partial charge >= 0.3 is 0 Å². The standard InChI is InChI=1S/C20H20N4/c1-4-14-9-11-15(12-10-14)21-19-16-7-5-6-8-17(16)22-20-18(19)13(2)23-24(20)3/h5-12H,4H2,1-3H3,(H,21,22). The molecule has 4 nitrogen and oxygen atoms in total. The molecule has 120 valence electrons. The van der Waals surface area contributed by atoms with Gasteiger partial charge in [-0.2, -0.15) is 5.10 Å². The Morgan fingerprint density at radius 3 is 2.54 bits per heavy atom. The van der Waals surface area contributed by atoms with Crippen LogP contribution in [0.3, 0.4) is 0 Å². The summed E-state index contributed by atoms with van der Waals surface area (Å²) in [5, 5.41) is 10.4. The lowest BCUT2D eigenvalue weighted by molar-refractivity contribution is 0.775. The second-order valence-corrected chi connectivity index (χ2v) is 6.09. The fourth-order valence-corrected chi connectivity index (χ4v) is 3.20. The highest BCUT2D eigenvalue weighted by Crippen LogP contribution is 2.34. The van der Waals surface area contributed by atoms with Crippen molar-refractivity contribution in [2.75, 3.05) is 5.32 Å². The van der Waals surface area contributed by atoms with Crippen LogP contribution in [-0.2, 0) is 13.5 Å². The van der Waals surface area contributed by atoms with Gasteiger partial charge in [0.1, 0.15) is 0 Å². The molecule has 0 aliphatic heterocycles. The van der Waals surface area contributed by atoms with Gasteiger partial charge in [-0.3, -0.25) is 4.68 Å². The van der Waals surface area contributed by atoms with Crippen LogP contribution in [0.4, 0.5) is 11.4 Å². The molecule has 2 aromatic carbocycles. The molecule has 0 fully saturated rings. The van der Waals surface area contributed by atoms with E-state index in [1.807, 2.05) is 36.9 Å². The highest BCUT2D eigenvalue weighted by Gasteiger charge is 2.15. The van der Waals surface area contributed by atoms with Gasteiger partial charge in [0.2, 0.25) is 0 Å². The van der Waals surface area contributed by atoms with Crippen molar-refractivity contribution in [1.82, 2.24) is 14.8 Å². The predicted molar refractivity (Wildman–Crippen MR) is 99.9 cm³/mol. The van der Waals surface area contributed by atoms with Crippen LogP contribution in [0.2, 0.25) is 0 Å². The normalized spacial score (nSPS) is 11.3. The zero-order chi connectivity index (χ0) is 16.7. The van der Waals surface area contributed by atoms with E-state index in [-0.39, 0.29) is 0 Å². The maximum atomic E-state index is 4.79. The van der Waals surface area contributed by atoms with Crippen LogP contribution in [0, 0.1) is 6.92 Å². The lowest BCUT2D eigenvalue weighted by Crippen LogP contribution is -1.97. The van der Waals surface area contributed by atoms with Crippen molar-refractivity contribution >= 4 is 33.3 Å². The largest absolute Gasteiger partial charge is 0.354 e. The SMILES string of the molecule is CCc1ccc(Nc2c3ccccc3nc3c2c(C)nn3C)cc1. The van der Waals surface area contributed by atoms with Gasteiger partial charge in [0, 0.05) is 18.1 Å². The Labute approximate surface area is 141 Å². The van der Waals surface area contributed by atoms with Crippen LogP contribution in [0.1, 0.15) is 18.2 Å². The van der Waals surface area contributed by atoms with Crippen molar-refractivity contribution in [3.05, 3.63) is 59.8 Å². The van der Waals surface area contributed by atoms with E-state index in [0.29, 0.717) is 0 Å². The smallest absolute Gasteiger partial charge is 0.160 e. The van der Waals surface area contributed by atoms with E-state index in [2.05, 4.69) is 47.7 Å². The van der Waals surface area contributed by atoms with Crippen molar-refractivity contribution in [3.63, 3.8) is 0 Å². The van der Waals surface area contributed by atoms with Gasteiger partial charge in [-0.25, -0.2) is 4.98 Å². The molecule has 0 atom stereocenters. The summed E-state index contributed by atoms with van der Waals surface area (Å²) in [6.45, 7) is 4.20. The summed E-state index contributed by atoms with van der Waals surface area (Å²) in [4.78, 5) is 4.79. The molecule has 0 aliphatic carbocycles. The number of rotatable bonds is 3. The first-order valence-electron chi connectivity index (χ1n) is 8.25. The Balaban J connectivity index is 1.96. The van der Waals surface area contributed by atoms with Crippen LogP contribution < -0.4 is 5.32 Å². The van der Waals surface area contributed by atoms with Crippen molar-refractivity contribution in [1.29, 1.82) is 0 Å². The summed E-state index contributed by atoms with van der Waals surface area (Å²) in [6.07, 6.45) is 1.05. The molecule has 0 bridgehead atoms. The Hall–Kier alpha value is -2.88. The summed E-state index contributed by atoms with van der Waals surface area (Å²) in [7, 11) is 1.94. The van der Waals surface area contributed by atoms with Crippen molar-refractivity contribution in [2.45, 2.75) is 20.3 Å². The average molecular weight is 316 g/mol. The third-order valence-electron chi connectivity index (χ3n) is 4.47. The second-order valence-electron chi connectivity index (χ2n) is 6.09. The summed E-state index contributed by atoms with van der Waals surface area (Å²) in [5.41, 5.74) is 6.35. The molecular formula is C20H20N4. The van der Waals surface area contributed by atoms with E-state index in [0.717, 1.165) is 45.4 Å². The van der Waals surface area contributed by atoms with Gasteiger partial charge in [-0.05, 0) is 37.1 Å². The Morgan fingerprint density at radius 1 is 1.04 bits per heavy atom. The van der Waals surface area contributed by atoms with Gasteiger partial charge in [-0.15, -0.1) is 0 Å². The van der Waals surface area contributed by atoms with Crippen molar-refractivity contribution in [3.8, 4) is 0 Å². The molecule has 0 amide bonds. The third kappa shape index (κ3) is 2.31. The average Bonchev–Trinajstić information content (AvgIpc) is 2.89. The number of fused-ring (bicyclic) bond motifs is 2. The molecule has 24 heavy (non-hydrogen) atoms. The van der Waals surface area contributed by atoms with Crippen LogP contribution in [0.15, 0.2) is 48.5 Å². The quantitative estimate of drug-likeness (QED) is 0.594. The molecule has 0 saturated carbocycles. The van der Waals surface area contributed by atoms with Crippen LogP contribution in [0.25, 0.3) is 21.9 Å². The number of aromatic nitrogens is 3. The minimum Gasteiger partial charge on any atom is -0.354 e. The first-order chi connectivity index (χ1) is 11.7. The van der Waals surface area contributed by atoms with E-state index in [1.54, 1.807) is 0 Å². The first-order valence-corrected chi connectivity index (χ1v) is 8.25.